The number of halogens is 2. The molecule has 2 aromatic rings. The van der Waals surface area contributed by atoms with Gasteiger partial charge in [0, 0.05) is 14.6 Å². The lowest BCUT2D eigenvalue weighted by atomic mass is 10.2. The highest BCUT2D eigenvalue weighted by molar-refractivity contribution is 9.11. The fourth-order valence-corrected chi connectivity index (χ4v) is 3.29. The number of fused-ring (bicyclic) bond motifs is 1. The van der Waals surface area contributed by atoms with Crippen LogP contribution in [-0.2, 0) is 0 Å². The van der Waals surface area contributed by atoms with Gasteiger partial charge in [0.05, 0.1) is 3.79 Å². The summed E-state index contributed by atoms with van der Waals surface area (Å²) in [6.45, 7) is 2.11. The van der Waals surface area contributed by atoms with Gasteiger partial charge in [0.1, 0.15) is 0 Å². The average Bonchev–Trinajstić information content (AvgIpc) is 2.39. The van der Waals surface area contributed by atoms with E-state index in [9.17, 15) is 0 Å². The number of hydrogen-bond acceptors (Lipinski definition) is 1. The minimum absolute atomic E-state index is 1.18. The van der Waals surface area contributed by atoms with Crippen LogP contribution in [0.1, 0.15) is 5.56 Å². The molecule has 0 N–H and O–H groups in total. The summed E-state index contributed by atoms with van der Waals surface area (Å²) in [6.07, 6.45) is 0. The molecule has 0 unspecified atom stereocenters. The van der Waals surface area contributed by atoms with Crippen molar-refractivity contribution in [1.82, 2.24) is 0 Å². The van der Waals surface area contributed by atoms with Crippen molar-refractivity contribution in [3.05, 3.63) is 32.0 Å². The van der Waals surface area contributed by atoms with E-state index in [0.29, 0.717) is 0 Å². The highest BCUT2D eigenvalue weighted by Crippen LogP contribution is 2.35. The average molecular weight is 306 g/mol. The molecule has 12 heavy (non-hydrogen) atoms. The third kappa shape index (κ3) is 1.34. The molecule has 0 saturated carbocycles. The van der Waals surface area contributed by atoms with E-state index >= 15 is 0 Å². The van der Waals surface area contributed by atoms with Crippen LogP contribution < -0.4 is 0 Å². The summed E-state index contributed by atoms with van der Waals surface area (Å²) < 4.78 is 3.71. The molecule has 0 aliphatic heterocycles. The van der Waals surface area contributed by atoms with Crippen molar-refractivity contribution in [2.45, 2.75) is 6.92 Å². The molecule has 1 aromatic carbocycles. The highest BCUT2D eigenvalue weighted by atomic mass is 79.9. The van der Waals surface area contributed by atoms with Crippen molar-refractivity contribution in [2.24, 2.45) is 0 Å². The Kier molecular flexibility index (Phi) is 2.27. The van der Waals surface area contributed by atoms with Crippen LogP contribution >= 0.6 is 43.2 Å². The molecule has 0 amide bonds. The SMILES string of the molecule is Cc1ccc2sc(Br)cc2c1Br. The molecular weight excluding hydrogens is 300 g/mol. The summed E-state index contributed by atoms with van der Waals surface area (Å²) in [7, 11) is 0. The number of benzene rings is 1. The zero-order valence-corrected chi connectivity index (χ0v) is 10.4. The van der Waals surface area contributed by atoms with Crippen LogP contribution in [-0.4, -0.2) is 0 Å². The molecule has 3 heteroatoms. The van der Waals surface area contributed by atoms with Gasteiger partial charge in [0.15, 0.2) is 0 Å². The third-order valence-electron chi connectivity index (χ3n) is 1.80. The summed E-state index contributed by atoms with van der Waals surface area (Å²) in [5.41, 5.74) is 1.28. The molecule has 1 heterocycles. The summed E-state index contributed by atoms with van der Waals surface area (Å²) in [5, 5.41) is 1.30. The van der Waals surface area contributed by atoms with E-state index in [2.05, 4.69) is 57.0 Å². The molecule has 2 rings (SSSR count). The Balaban J connectivity index is 2.89. The van der Waals surface area contributed by atoms with E-state index in [-0.39, 0.29) is 0 Å². The predicted molar refractivity (Wildman–Crippen MR) is 62.0 cm³/mol. The normalized spacial score (nSPS) is 10.9. The Morgan fingerprint density at radius 3 is 2.75 bits per heavy atom. The van der Waals surface area contributed by atoms with Crippen LogP contribution in [0.15, 0.2) is 26.5 Å². The standard InChI is InChI=1S/C9H6Br2S/c1-5-2-3-7-6(9(5)11)4-8(10)12-7/h2-4H,1H3. The van der Waals surface area contributed by atoms with Gasteiger partial charge in [-0.2, -0.15) is 0 Å². The zero-order chi connectivity index (χ0) is 8.72. The Bertz CT molecular complexity index is 431. The number of rotatable bonds is 0. The van der Waals surface area contributed by atoms with Crippen molar-refractivity contribution in [1.29, 1.82) is 0 Å². The first kappa shape index (κ1) is 8.73. The van der Waals surface area contributed by atoms with Gasteiger partial charge in [-0.15, -0.1) is 11.3 Å². The molecule has 0 saturated heterocycles. The minimum atomic E-state index is 1.18. The van der Waals surface area contributed by atoms with Gasteiger partial charge in [-0.3, -0.25) is 0 Å². The van der Waals surface area contributed by atoms with Crippen LogP contribution in [0.3, 0.4) is 0 Å². The zero-order valence-electron chi connectivity index (χ0n) is 6.40. The quantitative estimate of drug-likeness (QED) is 0.660. The van der Waals surface area contributed by atoms with E-state index in [1.165, 1.54) is 23.9 Å². The minimum Gasteiger partial charge on any atom is -0.128 e. The van der Waals surface area contributed by atoms with Crippen LogP contribution in [0.5, 0.6) is 0 Å². The van der Waals surface area contributed by atoms with Gasteiger partial charge in [-0.05, 0) is 56.5 Å². The summed E-state index contributed by atoms with van der Waals surface area (Å²) >= 11 is 8.82. The monoisotopic (exact) mass is 304 g/mol. The second kappa shape index (κ2) is 3.13. The molecular formula is C9H6Br2S. The fraction of sp³-hybridized carbons (Fsp3) is 0.111. The van der Waals surface area contributed by atoms with E-state index in [4.69, 9.17) is 0 Å². The molecule has 0 aliphatic carbocycles. The van der Waals surface area contributed by atoms with Crippen molar-refractivity contribution < 1.29 is 0 Å². The van der Waals surface area contributed by atoms with E-state index in [0.717, 1.165) is 0 Å². The Morgan fingerprint density at radius 2 is 2.00 bits per heavy atom. The second-order valence-corrected chi connectivity index (χ2v) is 5.91. The molecule has 1 aromatic heterocycles. The second-order valence-electron chi connectivity index (χ2n) is 2.66. The maximum atomic E-state index is 3.58. The largest absolute Gasteiger partial charge is 0.128 e. The predicted octanol–water partition coefficient (Wildman–Crippen LogP) is 4.73. The third-order valence-corrected chi connectivity index (χ3v) is 4.45. The molecule has 0 nitrogen and oxygen atoms in total. The topological polar surface area (TPSA) is 0 Å². The Labute approximate surface area is 91.9 Å². The van der Waals surface area contributed by atoms with Gasteiger partial charge >= 0.3 is 0 Å². The molecule has 0 radical (unpaired) electrons. The molecule has 0 fully saturated rings. The van der Waals surface area contributed by atoms with Gasteiger partial charge in [-0.1, -0.05) is 6.07 Å². The van der Waals surface area contributed by atoms with Crippen molar-refractivity contribution in [3.63, 3.8) is 0 Å². The smallest absolute Gasteiger partial charge is 0.0711 e. The Hall–Kier alpha value is 0.140. The summed E-state index contributed by atoms with van der Waals surface area (Å²) in [4.78, 5) is 0. The maximum Gasteiger partial charge on any atom is 0.0711 e. The molecule has 0 atom stereocenters. The van der Waals surface area contributed by atoms with Crippen molar-refractivity contribution in [2.75, 3.05) is 0 Å². The van der Waals surface area contributed by atoms with Gasteiger partial charge < -0.3 is 0 Å². The lowest BCUT2D eigenvalue weighted by Gasteiger charge is -1.97. The molecule has 0 bridgehead atoms. The van der Waals surface area contributed by atoms with Crippen LogP contribution in [0.4, 0.5) is 0 Å². The van der Waals surface area contributed by atoms with Crippen LogP contribution in [0, 0.1) is 6.92 Å². The Morgan fingerprint density at radius 1 is 1.25 bits per heavy atom. The molecule has 0 aliphatic rings. The maximum absolute atomic E-state index is 3.58. The number of aryl methyl sites for hydroxylation is 1. The number of hydrogen-bond donors (Lipinski definition) is 0. The van der Waals surface area contributed by atoms with Gasteiger partial charge in [0.2, 0.25) is 0 Å². The fourth-order valence-electron chi connectivity index (χ4n) is 1.16. The van der Waals surface area contributed by atoms with E-state index in [1.54, 1.807) is 11.3 Å². The van der Waals surface area contributed by atoms with Crippen LogP contribution in [0.2, 0.25) is 0 Å². The van der Waals surface area contributed by atoms with E-state index in [1.807, 2.05) is 0 Å². The summed E-state index contributed by atoms with van der Waals surface area (Å²) in [6, 6.07) is 6.44. The molecule has 62 valence electrons. The molecule has 0 spiro atoms. The first-order chi connectivity index (χ1) is 5.68. The van der Waals surface area contributed by atoms with Crippen molar-refractivity contribution in [3.8, 4) is 0 Å². The van der Waals surface area contributed by atoms with Gasteiger partial charge in [-0.25, -0.2) is 0 Å². The first-order valence-electron chi connectivity index (χ1n) is 3.52. The first-order valence-corrected chi connectivity index (χ1v) is 5.93. The van der Waals surface area contributed by atoms with Crippen molar-refractivity contribution >= 4 is 53.3 Å². The van der Waals surface area contributed by atoms with E-state index < -0.39 is 0 Å². The lowest BCUT2D eigenvalue weighted by Crippen LogP contribution is -1.73. The summed E-state index contributed by atoms with van der Waals surface area (Å²) in [5.74, 6) is 0. The highest BCUT2D eigenvalue weighted by Gasteiger charge is 2.04. The lowest BCUT2D eigenvalue weighted by molar-refractivity contribution is 1.48. The number of thiophene rings is 1. The van der Waals surface area contributed by atoms with Crippen LogP contribution in [0.25, 0.3) is 10.1 Å². The van der Waals surface area contributed by atoms with Gasteiger partial charge in [0.25, 0.3) is 0 Å².